The second-order valence-electron chi connectivity index (χ2n) is 4.94. The Hall–Kier alpha value is -2.15. The van der Waals surface area contributed by atoms with Gasteiger partial charge in [-0.1, -0.05) is 0 Å². The summed E-state index contributed by atoms with van der Waals surface area (Å²) < 4.78 is 10.2. The monoisotopic (exact) mass is 294 g/mol. The summed E-state index contributed by atoms with van der Waals surface area (Å²) in [5.74, 6) is -1.09. The molecule has 7 nitrogen and oxygen atoms in total. The van der Waals surface area contributed by atoms with Gasteiger partial charge in [0.05, 0.1) is 12.5 Å². The van der Waals surface area contributed by atoms with Crippen LogP contribution in [0.15, 0.2) is 18.3 Å². The first kappa shape index (κ1) is 15.2. The number of nitrogens with one attached hydrogen (secondary N) is 1. The molecular weight excluding hydrogens is 276 g/mol. The second-order valence-corrected chi connectivity index (χ2v) is 4.94. The Balaban J connectivity index is 2.07. The molecule has 2 heterocycles. The summed E-state index contributed by atoms with van der Waals surface area (Å²) >= 11 is 0. The predicted molar refractivity (Wildman–Crippen MR) is 73.2 cm³/mol. The van der Waals surface area contributed by atoms with Gasteiger partial charge in [0.15, 0.2) is 0 Å². The lowest BCUT2D eigenvalue weighted by Gasteiger charge is -2.33. The molecular formula is C14H18N2O5. The number of ether oxygens (including phenoxy) is 2. The number of rotatable bonds is 5. The summed E-state index contributed by atoms with van der Waals surface area (Å²) in [6.45, 7) is 0.833. The Bertz CT molecular complexity index is 526. The SMILES string of the molecule is COc1ncccc1C(=O)NCC1(C(=O)O)CCOCC1. The quantitative estimate of drug-likeness (QED) is 0.829. The number of methoxy groups -OCH3 is 1. The minimum absolute atomic E-state index is 0.0581. The lowest BCUT2D eigenvalue weighted by Crippen LogP contribution is -2.46. The molecule has 1 aromatic rings. The molecule has 0 aromatic carbocycles. The van der Waals surface area contributed by atoms with Gasteiger partial charge in [0, 0.05) is 26.0 Å². The van der Waals surface area contributed by atoms with Crippen LogP contribution < -0.4 is 10.1 Å². The molecule has 0 unspecified atom stereocenters. The van der Waals surface area contributed by atoms with Crippen LogP contribution in [-0.4, -0.2) is 48.8 Å². The van der Waals surface area contributed by atoms with E-state index in [2.05, 4.69) is 10.3 Å². The first-order valence-electron chi connectivity index (χ1n) is 6.67. The molecule has 0 atom stereocenters. The molecule has 114 valence electrons. The highest BCUT2D eigenvalue weighted by molar-refractivity contribution is 5.96. The van der Waals surface area contributed by atoms with Crippen LogP contribution in [-0.2, 0) is 9.53 Å². The molecule has 7 heteroatoms. The Morgan fingerprint density at radius 2 is 2.19 bits per heavy atom. The number of carboxylic acids is 1. The summed E-state index contributed by atoms with van der Waals surface area (Å²) in [5, 5.41) is 12.1. The fourth-order valence-electron chi connectivity index (χ4n) is 2.30. The molecule has 1 aromatic heterocycles. The molecule has 1 saturated heterocycles. The molecule has 0 radical (unpaired) electrons. The van der Waals surface area contributed by atoms with Gasteiger partial charge in [0.1, 0.15) is 5.56 Å². The first-order valence-corrected chi connectivity index (χ1v) is 6.67. The van der Waals surface area contributed by atoms with Crippen molar-refractivity contribution in [3.05, 3.63) is 23.9 Å². The van der Waals surface area contributed by atoms with Gasteiger partial charge in [-0.15, -0.1) is 0 Å². The highest BCUT2D eigenvalue weighted by Gasteiger charge is 2.40. The fraction of sp³-hybridized carbons (Fsp3) is 0.500. The second kappa shape index (κ2) is 6.53. The van der Waals surface area contributed by atoms with E-state index >= 15 is 0 Å². The lowest BCUT2D eigenvalue weighted by molar-refractivity contribution is -0.154. The smallest absolute Gasteiger partial charge is 0.311 e. The van der Waals surface area contributed by atoms with Crippen LogP contribution in [0.2, 0.25) is 0 Å². The number of carbonyl (C=O) groups is 2. The zero-order valence-corrected chi connectivity index (χ0v) is 11.8. The molecule has 0 aliphatic carbocycles. The molecule has 1 aliphatic heterocycles. The average Bonchev–Trinajstić information content (AvgIpc) is 2.53. The summed E-state index contributed by atoms with van der Waals surface area (Å²) in [7, 11) is 1.43. The van der Waals surface area contributed by atoms with Crippen molar-refractivity contribution in [2.75, 3.05) is 26.9 Å². The molecule has 0 spiro atoms. The summed E-state index contributed by atoms with van der Waals surface area (Å²) in [5.41, 5.74) is -0.684. The zero-order valence-electron chi connectivity index (χ0n) is 11.8. The van der Waals surface area contributed by atoms with E-state index in [1.54, 1.807) is 12.1 Å². The van der Waals surface area contributed by atoms with Crippen molar-refractivity contribution in [2.45, 2.75) is 12.8 Å². The fourth-order valence-corrected chi connectivity index (χ4v) is 2.30. The molecule has 21 heavy (non-hydrogen) atoms. The summed E-state index contributed by atoms with van der Waals surface area (Å²) in [6.07, 6.45) is 2.28. The van der Waals surface area contributed by atoms with E-state index in [9.17, 15) is 14.7 Å². The standard InChI is InChI=1S/C14H18N2O5/c1-20-12-10(3-2-6-15-12)11(17)16-9-14(13(18)19)4-7-21-8-5-14/h2-3,6H,4-5,7-9H2,1H3,(H,16,17)(H,18,19). The number of amides is 1. The summed E-state index contributed by atoms with van der Waals surface area (Å²) in [4.78, 5) is 27.6. The van der Waals surface area contributed by atoms with Gasteiger partial charge in [0.25, 0.3) is 5.91 Å². The van der Waals surface area contributed by atoms with Gasteiger partial charge in [-0.25, -0.2) is 4.98 Å². The van der Waals surface area contributed by atoms with Crippen LogP contribution in [0.4, 0.5) is 0 Å². The van der Waals surface area contributed by atoms with Crippen LogP contribution in [0, 0.1) is 5.41 Å². The average molecular weight is 294 g/mol. The van der Waals surface area contributed by atoms with Gasteiger partial charge in [-0.3, -0.25) is 9.59 Å². The van der Waals surface area contributed by atoms with Crippen LogP contribution in [0.25, 0.3) is 0 Å². The van der Waals surface area contributed by atoms with E-state index in [1.165, 1.54) is 13.3 Å². The van der Waals surface area contributed by atoms with E-state index in [4.69, 9.17) is 9.47 Å². The first-order chi connectivity index (χ1) is 10.1. The number of nitrogens with zero attached hydrogens (tertiary/aromatic N) is 1. The maximum absolute atomic E-state index is 12.2. The third kappa shape index (κ3) is 3.30. The number of pyridine rings is 1. The molecule has 0 bridgehead atoms. The highest BCUT2D eigenvalue weighted by Crippen LogP contribution is 2.30. The molecule has 1 fully saturated rings. The van der Waals surface area contributed by atoms with E-state index in [0.717, 1.165) is 0 Å². The maximum Gasteiger partial charge on any atom is 0.311 e. The van der Waals surface area contributed by atoms with Gasteiger partial charge < -0.3 is 19.9 Å². The maximum atomic E-state index is 12.2. The van der Waals surface area contributed by atoms with Crippen molar-refractivity contribution in [3.63, 3.8) is 0 Å². The van der Waals surface area contributed by atoms with Gasteiger partial charge in [-0.2, -0.15) is 0 Å². The summed E-state index contributed by atoms with van der Waals surface area (Å²) in [6, 6.07) is 3.21. The van der Waals surface area contributed by atoms with E-state index in [0.29, 0.717) is 26.1 Å². The van der Waals surface area contributed by atoms with Crippen LogP contribution in [0.5, 0.6) is 5.88 Å². The number of hydrogen-bond donors (Lipinski definition) is 2. The molecule has 0 saturated carbocycles. The van der Waals surface area contributed by atoms with Crippen molar-refractivity contribution < 1.29 is 24.2 Å². The number of carboxylic acid groups (broad SMARTS) is 1. The van der Waals surface area contributed by atoms with Gasteiger partial charge >= 0.3 is 5.97 Å². The Kier molecular flexibility index (Phi) is 4.74. The topological polar surface area (TPSA) is 97.8 Å². The molecule has 1 aliphatic rings. The van der Waals surface area contributed by atoms with E-state index in [-0.39, 0.29) is 18.0 Å². The van der Waals surface area contributed by atoms with Gasteiger partial charge in [-0.05, 0) is 25.0 Å². The minimum Gasteiger partial charge on any atom is -0.481 e. The van der Waals surface area contributed by atoms with Crippen LogP contribution in [0.3, 0.4) is 0 Å². The number of aliphatic carboxylic acids is 1. The van der Waals surface area contributed by atoms with Crippen molar-refractivity contribution in [1.82, 2.24) is 10.3 Å². The predicted octanol–water partition coefficient (Wildman–Crippen LogP) is 0.701. The van der Waals surface area contributed by atoms with Crippen molar-refractivity contribution >= 4 is 11.9 Å². The Morgan fingerprint density at radius 1 is 1.48 bits per heavy atom. The van der Waals surface area contributed by atoms with Crippen LogP contribution in [0.1, 0.15) is 23.2 Å². The molecule has 1 amide bonds. The molecule has 2 N–H and O–H groups in total. The van der Waals surface area contributed by atoms with Crippen LogP contribution >= 0.6 is 0 Å². The van der Waals surface area contributed by atoms with Gasteiger partial charge in [0.2, 0.25) is 5.88 Å². The molecule has 2 rings (SSSR count). The third-order valence-electron chi connectivity index (χ3n) is 3.70. The highest BCUT2D eigenvalue weighted by atomic mass is 16.5. The largest absolute Gasteiger partial charge is 0.481 e. The minimum atomic E-state index is -0.969. The van der Waals surface area contributed by atoms with Crippen molar-refractivity contribution in [2.24, 2.45) is 5.41 Å². The number of hydrogen-bond acceptors (Lipinski definition) is 5. The zero-order chi connectivity index (χ0) is 15.3. The van der Waals surface area contributed by atoms with E-state index < -0.39 is 17.3 Å². The normalized spacial score (nSPS) is 17.0. The van der Waals surface area contributed by atoms with E-state index in [1.807, 2.05) is 0 Å². The van der Waals surface area contributed by atoms with Crippen molar-refractivity contribution in [1.29, 1.82) is 0 Å². The number of carbonyl (C=O) groups excluding carboxylic acids is 1. The third-order valence-corrected chi connectivity index (χ3v) is 3.70. The van der Waals surface area contributed by atoms with Crippen molar-refractivity contribution in [3.8, 4) is 5.88 Å². The Labute approximate surface area is 122 Å². The Morgan fingerprint density at radius 3 is 2.81 bits per heavy atom. The number of aromatic nitrogens is 1. The lowest BCUT2D eigenvalue weighted by atomic mass is 9.80.